The molecule has 30 heavy (non-hydrogen) atoms. The highest BCUT2D eigenvalue weighted by atomic mass is 35.5. The van der Waals surface area contributed by atoms with E-state index in [1.54, 1.807) is 37.3 Å². The quantitative estimate of drug-likeness (QED) is 0.591. The van der Waals surface area contributed by atoms with Gasteiger partial charge < -0.3 is 18.9 Å². The van der Waals surface area contributed by atoms with Gasteiger partial charge in [-0.25, -0.2) is 4.39 Å². The second-order valence-electron chi connectivity index (χ2n) is 6.81. The van der Waals surface area contributed by atoms with Gasteiger partial charge in [0.1, 0.15) is 11.9 Å². The van der Waals surface area contributed by atoms with E-state index in [0.717, 1.165) is 12.5 Å². The van der Waals surface area contributed by atoms with Crippen LogP contribution in [0.3, 0.4) is 0 Å². The third-order valence-electron chi connectivity index (χ3n) is 5.04. The van der Waals surface area contributed by atoms with E-state index in [1.807, 2.05) is 0 Å². The van der Waals surface area contributed by atoms with Crippen LogP contribution in [-0.4, -0.2) is 41.7 Å². The molecule has 0 N–H and O–H groups in total. The Labute approximate surface area is 177 Å². The number of amides is 1. The molecule has 156 valence electrons. The van der Waals surface area contributed by atoms with E-state index >= 15 is 0 Å². The van der Waals surface area contributed by atoms with Crippen molar-refractivity contribution < 1.29 is 23.2 Å². The minimum Gasteiger partial charge on any atom is -0.493 e. The molecule has 1 saturated heterocycles. The Hall–Kier alpha value is -3.13. The van der Waals surface area contributed by atoms with Gasteiger partial charge in [-0.05, 0) is 49.2 Å². The minimum atomic E-state index is -0.521. The summed E-state index contributed by atoms with van der Waals surface area (Å²) in [5.74, 6) is 0.927. The molecule has 1 amide bonds. The van der Waals surface area contributed by atoms with Gasteiger partial charge in [0.15, 0.2) is 11.5 Å². The summed E-state index contributed by atoms with van der Waals surface area (Å²) < 4.78 is 29.7. The van der Waals surface area contributed by atoms with Gasteiger partial charge in [-0.3, -0.25) is 4.79 Å². The summed E-state index contributed by atoms with van der Waals surface area (Å²) in [6.45, 7) is 0.490. The van der Waals surface area contributed by atoms with Crippen LogP contribution in [0.5, 0.6) is 11.5 Å². The normalized spacial score (nSPS) is 16.0. The van der Waals surface area contributed by atoms with Gasteiger partial charge in [0.05, 0.1) is 24.8 Å². The van der Waals surface area contributed by atoms with E-state index in [2.05, 4.69) is 10.1 Å². The fraction of sp³-hybridized carbons (Fsp3) is 0.286. The number of hydrogen-bond donors (Lipinski definition) is 0. The molecule has 2 heterocycles. The van der Waals surface area contributed by atoms with Gasteiger partial charge in [-0.2, -0.15) is 4.98 Å². The highest BCUT2D eigenvalue weighted by Gasteiger charge is 2.35. The summed E-state index contributed by atoms with van der Waals surface area (Å²) in [5.41, 5.74) is 0.801. The molecule has 7 nitrogen and oxygen atoms in total. The number of carbonyl (C=O) groups is 1. The third-order valence-corrected chi connectivity index (χ3v) is 5.37. The molecule has 3 aromatic rings. The number of benzene rings is 2. The molecule has 1 fully saturated rings. The van der Waals surface area contributed by atoms with Gasteiger partial charge in [0, 0.05) is 12.1 Å². The maximum Gasteiger partial charge on any atom is 0.256 e. The highest BCUT2D eigenvalue weighted by Crippen LogP contribution is 2.36. The first-order chi connectivity index (χ1) is 14.5. The molecular weight excluding hydrogens is 413 g/mol. The number of methoxy groups -OCH3 is 2. The molecule has 9 heteroatoms. The number of nitrogens with zero attached hydrogens (tertiary/aromatic N) is 3. The van der Waals surface area contributed by atoms with Gasteiger partial charge in [-0.15, -0.1) is 0 Å². The molecule has 1 aromatic heterocycles. The van der Waals surface area contributed by atoms with Crippen molar-refractivity contribution in [1.82, 2.24) is 15.0 Å². The summed E-state index contributed by atoms with van der Waals surface area (Å²) in [6.07, 6.45) is 1.42. The standard InChI is InChI=1S/C21H19ClFN3O4/c1-28-17-8-5-12(10-18(17)29-2)19-24-20(30-25-19)16-4-3-9-26(16)21(27)14-11-13(23)6-7-15(14)22/h5-8,10-11,16H,3-4,9H2,1-2H3/t16-/m1/s1. The third kappa shape index (κ3) is 3.70. The summed E-state index contributed by atoms with van der Waals surface area (Å²) in [7, 11) is 3.10. The Kier molecular flexibility index (Phi) is 5.59. The van der Waals surface area contributed by atoms with Crippen molar-refractivity contribution in [1.29, 1.82) is 0 Å². The lowest BCUT2D eigenvalue weighted by molar-refractivity contribution is 0.0709. The van der Waals surface area contributed by atoms with Crippen molar-refractivity contribution in [3.63, 3.8) is 0 Å². The zero-order valence-corrected chi connectivity index (χ0v) is 17.1. The van der Waals surface area contributed by atoms with Crippen LogP contribution in [0, 0.1) is 5.82 Å². The van der Waals surface area contributed by atoms with Gasteiger partial charge in [-0.1, -0.05) is 16.8 Å². The Morgan fingerprint density at radius 2 is 2.00 bits per heavy atom. The first kappa shape index (κ1) is 20.2. The molecule has 0 bridgehead atoms. The van der Waals surface area contributed by atoms with E-state index in [4.69, 9.17) is 25.6 Å². The molecule has 2 aromatic carbocycles. The summed E-state index contributed by atoms with van der Waals surface area (Å²) >= 11 is 6.11. The van der Waals surface area contributed by atoms with Crippen LogP contribution in [0.15, 0.2) is 40.9 Å². The number of likely N-dealkylation sites (tertiary alicyclic amines) is 1. The van der Waals surface area contributed by atoms with Gasteiger partial charge in [0.25, 0.3) is 5.91 Å². The van der Waals surface area contributed by atoms with Crippen molar-refractivity contribution >= 4 is 17.5 Å². The molecule has 0 aliphatic carbocycles. The van der Waals surface area contributed by atoms with Gasteiger partial charge in [0.2, 0.25) is 11.7 Å². The maximum atomic E-state index is 13.6. The predicted molar refractivity (Wildman–Crippen MR) is 107 cm³/mol. The number of ether oxygens (including phenoxy) is 2. The van der Waals surface area contributed by atoms with Crippen LogP contribution in [0.1, 0.15) is 35.1 Å². The summed E-state index contributed by atoms with van der Waals surface area (Å²) in [4.78, 5) is 19.1. The van der Waals surface area contributed by atoms with Crippen LogP contribution < -0.4 is 9.47 Å². The van der Waals surface area contributed by atoms with Crippen LogP contribution in [0.2, 0.25) is 5.02 Å². The van der Waals surface area contributed by atoms with Crippen molar-refractivity contribution in [3.8, 4) is 22.9 Å². The summed E-state index contributed by atoms with van der Waals surface area (Å²) in [6, 6.07) is 8.62. The lowest BCUT2D eigenvalue weighted by Crippen LogP contribution is -2.31. The first-order valence-electron chi connectivity index (χ1n) is 9.34. The lowest BCUT2D eigenvalue weighted by Gasteiger charge is -2.22. The first-order valence-corrected chi connectivity index (χ1v) is 9.71. The second kappa shape index (κ2) is 8.31. The largest absolute Gasteiger partial charge is 0.493 e. The Bertz CT molecular complexity index is 1090. The number of hydrogen-bond acceptors (Lipinski definition) is 6. The Balaban J connectivity index is 1.61. The van der Waals surface area contributed by atoms with Crippen molar-refractivity contribution in [2.24, 2.45) is 0 Å². The molecule has 0 radical (unpaired) electrons. The number of carbonyl (C=O) groups excluding carboxylic acids is 1. The van der Waals surface area contributed by atoms with Crippen LogP contribution >= 0.6 is 11.6 Å². The molecule has 1 aliphatic rings. The molecule has 0 unspecified atom stereocenters. The van der Waals surface area contributed by atoms with Crippen molar-refractivity contribution in [3.05, 3.63) is 58.7 Å². The predicted octanol–water partition coefficient (Wildman–Crippen LogP) is 4.52. The fourth-order valence-electron chi connectivity index (χ4n) is 3.55. The molecule has 0 spiro atoms. The number of halogens is 2. The van der Waals surface area contributed by atoms with E-state index in [1.165, 1.54) is 12.1 Å². The van der Waals surface area contributed by atoms with E-state index < -0.39 is 11.9 Å². The Morgan fingerprint density at radius 1 is 1.20 bits per heavy atom. The highest BCUT2D eigenvalue weighted by molar-refractivity contribution is 6.33. The minimum absolute atomic E-state index is 0.114. The number of aromatic nitrogens is 2. The average molecular weight is 432 g/mol. The average Bonchev–Trinajstić information content (AvgIpc) is 3.44. The van der Waals surface area contributed by atoms with Crippen LogP contribution in [0.4, 0.5) is 4.39 Å². The number of rotatable bonds is 5. The molecule has 1 aliphatic heterocycles. The van der Waals surface area contributed by atoms with Crippen molar-refractivity contribution in [2.75, 3.05) is 20.8 Å². The second-order valence-corrected chi connectivity index (χ2v) is 7.21. The Morgan fingerprint density at radius 3 is 2.77 bits per heavy atom. The fourth-order valence-corrected chi connectivity index (χ4v) is 3.74. The molecule has 4 rings (SSSR count). The topological polar surface area (TPSA) is 77.7 Å². The molecule has 1 atom stereocenters. The van der Waals surface area contributed by atoms with E-state index in [0.29, 0.717) is 41.7 Å². The zero-order valence-electron chi connectivity index (χ0n) is 16.4. The lowest BCUT2D eigenvalue weighted by atomic mass is 10.1. The molecule has 0 saturated carbocycles. The maximum absolute atomic E-state index is 13.6. The molecular formula is C21H19ClFN3O4. The smallest absolute Gasteiger partial charge is 0.256 e. The van der Waals surface area contributed by atoms with Crippen LogP contribution in [0.25, 0.3) is 11.4 Å². The van der Waals surface area contributed by atoms with Crippen LogP contribution in [-0.2, 0) is 0 Å². The van der Waals surface area contributed by atoms with Gasteiger partial charge >= 0.3 is 0 Å². The van der Waals surface area contributed by atoms with E-state index in [9.17, 15) is 9.18 Å². The monoisotopic (exact) mass is 431 g/mol. The van der Waals surface area contributed by atoms with E-state index in [-0.39, 0.29) is 16.5 Å². The SMILES string of the molecule is COc1ccc(-c2noc([C@H]3CCCN3C(=O)c3cc(F)ccc3Cl)n2)cc1OC. The summed E-state index contributed by atoms with van der Waals surface area (Å²) in [5, 5.41) is 4.25. The van der Waals surface area contributed by atoms with Crippen molar-refractivity contribution in [2.45, 2.75) is 18.9 Å². The zero-order chi connectivity index (χ0) is 21.3.